The first-order valence-corrected chi connectivity index (χ1v) is 6.34. The molecule has 1 unspecified atom stereocenters. The summed E-state index contributed by atoms with van der Waals surface area (Å²) in [6, 6.07) is 5.87. The van der Waals surface area contributed by atoms with Gasteiger partial charge in [-0.15, -0.1) is 0 Å². The van der Waals surface area contributed by atoms with Crippen LogP contribution in [0, 0.1) is 0 Å². The van der Waals surface area contributed by atoms with E-state index < -0.39 is 0 Å². The highest BCUT2D eigenvalue weighted by Crippen LogP contribution is 2.33. The molecule has 90 valence electrons. The van der Waals surface area contributed by atoms with E-state index in [-0.39, 0.29) is 11.9 Å². The third-order valence-corrected chi connectivity index (χ3v) is 4.00. The van der Waals surface area contributed by atoms with Gasteiger partial charge in [0.05, 0.1) is 6.04 Å². The van der Waals surface area contributed by atoms with Crippen molar-refractivity contribution in [2.75, 3.05) is 18.5 Å². The first-order chi connectivity index (χ1) is 8.16. The third-order valence-electron chi connectivity index (χ3n) is 3.76. The molecule has 0 aromatic heterocycles. The lowest BCUT2D eigenvalue weighted by Gasteiger charge is -2.22. The second-order valence-electron chi connectivity index (χ2n) is 4.80. The Hall–Kier alpha value is -1.06. The Bertz CT molecular complexity index is 474. The molecule has 0 spiro atoms. The highest BCUT2D eigenvalue weighted by atomic mass is 35.5. The molecule has 17 heavy (non-hydrogen) atoms. The zero-order valence-electron chi connectivity index (χ0n) is 9.82. The van der Waals surface area contributed by atoms with E-state index in [9.17, 15) is 4.79 Å². The molecule has 0 saturated carbocycles. The van der Waals surface area contributed by atoms with Crippen LogP contribution in [-0.4, -0.2) is 30.4 Å². The number of amides is 1. The van der Waals surface area contributed by atoms with Crippen LogP contribution in [0.15, 0.2) is 18.2 Å². The van der Waals surface area contributed by atoms with Crippen molar-refractivity contribution in [3.63, 3.8) is 0 Å². The minimum absolute atomic E-state index is 0.0613. The van der Waals surface area contributed by atoms with Crippen LogP contribution in [0.1, 0.15) is 18.4 Å². The highest BCUT2D eigenvalue weighted by molar-refractivity contribution is 6.31. The second-order valence-corrected chi connectivity index (χ2v) is 5.24. The number of carbonyl (C=O) groups excluding carboxylic acids is 1. The van der Waals surface area contributed by atoms with Gasteiger partial charge in [-0.25, -0.2) is 0 Å². The van der Waals surface area contributed by atoms with Gasteiger partial charge in [0.2, 0.25) is 5.91 Å². The molecule has 3 rings (SSSR count). The molecule has 4 heteroatoms. The molecule has 0 aliphatic carbocycles. The van der Waals surface area contributed by atoms with E-state index in [4.69, 9.17) is 11.6 Å². The van der Waals surface area contributed by atoms with E-state index in [0.717, 1.165) is 31.6 Å². The minimum atomic E-state index is 0.0613. The van der Waals surface area contributed by atoms with E-state index in [1.165, 1.54) is 5.56 Å². The molecule has 0 N–H and O–H groups in total. The zero-order valence-corrected chi connectivity index (χ0v) is 10.6. The Balaban J connectivity index is 2.08. The van der Waals surface area contributed by atoms with Crippen molar-refractivity contribution in [3.05, 3.63) is 28.8 Å². The van der Waals surface area contributed by atoms with E-state index >= 15 is 0 Å². The Morgan fingerprint density at radius 2 is 2.24 bits per heavy atom. The number of carbonyl (C=O) groups is 1. The van der Waals surface area contributed by atoms with Gasteiger partial charge in [0.15, 0.2) is 0 Å². The molecule has 1 saturated heterocycles. The van der Waals surface area contributed by atoms with Crippen molar-refractivity contribution in [3.8, 4) is 0 Å². The van der Waals surface area contributed by atoms with Crippen LogP contribution >= 0.6 is 11.6 Å². The standard InChI is InChI=1S/C13H15ClN2O/c1-15-12-7-10(14)5-4-9(12)8-16-6-2-3-11(16)13(15)17/h4-5,7,11H,2-3,6,8H2,1H3. The van der Waals surface area contributed by atoms with E-state index in [1.807, 2.05) is 25.2 Å². The first-order valence-electron chi connectivity index (χ1n) is 5.97. The van der Waals surface area contributed by atoms with Crippen molar-refractivity contribution in [1.82, 2.24) is 4.90 Å². The topological polar surface area (TPSA) is 23.6 Å². The normalized spacial score (nSPS) is 24.5. The van der Waals surface area contributed by atoms with Crippen LogP contribution in [0.5, 0.6) is 0 Å². The van der Waals surface area contributed by atoms with Gasteiger partial charge in [-0.05, 0) is 37.1 Å². The third kappa shape index (κ3) is 1.74. The van der Waals surface area contributed by atoms with Crippen LogP contribution in [0.3, 0.4) is 0 Å². The fourth-order valence-electron chi connectivity index (χ4n) is 2.84. The molecule has 1 fully saturated rings. The van der Waals surface area contributed by atoms with Gasteiger partial charge in [-0.2, -0.15) is 0 Å². The molecular weight excluding hydrogens is 236 g/mol. The summed E-state index contributed by atoms with van der Waals surface area (Å²) in [5, 5.41) is 0.686. The molecular formula is C13H15ClN2O. The average Bonchev–Trinajstić information content (AvgIpc) is 2.74. The fraction of sp³-hybridized carbons (Fsp3) is 0.462. The fourth-order valence-corrected chi connectivity index (χ4v) is 3.01. The largest absolute Gasteiger partial charge is 0.314 e. The number of benzene rings is 1. The first kappa shape index (κ1) is 11.1. The van der Waals surface area contributed by atoms with Crippen molar-refractivity contribution in [1.29, 1.82) is 0 Å². The van der Waals surface area contributed by atoms with Gasteiger partial charge < -0.3 is 4.90 Å². The molecule has 3 nitrogen and oxygen atoms in total. The quantitative estimate of drug-likeness (QED) is 0.705. The Kier molecular flexibility index (Phi) is 2.60. The van der Waals surface area contributed by atoms with Crippen molar-refractivity contribution >= 4 is 23.2 Å². The summed E-state index contributed by atoms with van der Waals surface area (Å²) in [7, 11) is 1.85. The molecule has 2 aliphatic heterocycles. The van der Waals surface area contributed by atoms with E-state index in [0.29, 0.717) is 5.02 Å². The highest BCUT2D eigenvalue weighted by Gasteiger charge is 2.36. The summed E-state index contributed by atoms with van der Waals surface area (Å²) < 4.78 is 0. The molecule has 2 aliphatic rings. The smallest absolute Gasteiger partial charge is 0.244 e. The molecule has 2 heterocycles. The summed E-state index contributed by atoms with van der Waals surface area (Å²) in [5.74, 6) is 0.198. The van der Waals surface area contributed by atoms with Gasteiger partial charge in [0.1, 0.15) is 0 Å². The molecule has 1 atom stereocenters. The van der Waals surface area contributed by atoms with Gasteiger partial charge in [0.25, 0.3) is 0 Å². The van der Waals surface area contributed by atoms with E-state index in [2.05, 4.69) is 4.90 Å². The number of hydrogen-bond donors (Lipinski definition) is 0. The number of anilines is 1. The van der Waals surface area contributed by atoms with Gasteiger partial charge in [-0.3, -0.25) is 9.69 Å². The molecule has 0 bridgehead atoms. The number of fused-ring (bicyclic) bond motifs is 2. The van der Waals surface area contributed by atoms with Crippen LogP contribution < -0.4 is 4.90 Å². The monoisotopic (exact) mass is 250 g/mol. The summed E-state index contributed by atoms with van der Waals surface area (Å²) in [5.41, 5.74) is 2.14. The number of likely N-dealkylation sites (N-methyl/N-ethyl adjacent to an activating group) is 1. The van der Waals surface area contributed by atoms with Crippen LogP contribution in [-0.2, 0) is 11.3 Å². The molecule has 1 aromatic rings. The van der Waals surface area contributed by atoms with Crippen molar-refractivity contribution in [2.45, 2.75) is 25.4 Å². The predicted molar refractivity (Wildman–Crippen MR) is 68.3 cm³/mol. The lowest BCUT2D eigenvalue weighted by molar-refractivity contribution is -0.122. The van der Waals surface area contributed by atoms with E-state index in [1.54, 1.807) is 4.90 Å². The molecule has 0 radical (unpaired) electrons. The van der Waals surface area contributed by atoms with Crippen LogP contribution in [0.4, 0.5) is 5.69 Å². The van der Waals surface area contributed by atoms with Gasteiger partial charge >= 0.3 is 0 Å². The maximum absolute atomic E-state index is 12.3. The van der Waals surface area contributed by atoms with Crippen molar-refractivity contribution in [2.24, 2.45) is 0 Å². The maximum Gasteiger partial charge on any atom is 0.244 e. The lowest BCUT2D eigenvalue weighted by atomic mass is 10.1. The van der Waals surface area contributed by atoms with Crippen LogP contribution in [0.2, 0.25) is 5.02 Å². The average molecular weight is 251 g/mol. The minimum Gasteiger partial charge on any atom is -0.314 e. The summed E-state index contributed by atoms with van der Waals surface area (Å²) in [4.78, 5) is 16.4. The Labute approximate surface area is 106 Å². The number of hydrogen-bond acceptors (Lipinski definition) is 2. The van der Waals surface area contributed by atoms with Gasteiger partial charge in [0, 0.05) is 24.3 Å². The van der Waals surface area contributed by atoms with Crippen LogP contribution in [0.25, 0.3) is 0 Å². The Morgan fingerprint density at radius 3 is 3.06 bits per heavy atom. The summed E-state index contributed by atoms with van der Waals surface area (Å²) >= 11 is 6.01. The van der Waals surface area contributed by atoms with Crippen molar-refractivity contribution < 1.29 is 4.79 Å². The second kappa shape index (κ2) is 4.00. The number of rotatable bonds is 0. The zero-order chi connectivity index (χ0) is 12.0. The maximum atomic E-state index is 12.3. The molecule has 1 amide bonds. The predicted octanol–water partition coefficient (Wildman–Crippen LogP) is 2.28. The Morgan fingerprint density at radius 1 is 1.41 bits per heavy atom. The summed E-state index contributed by atoms with van der Waals surface area (Å²) in [6.07, 6.45) is 2.10. The SMILES string of the molecule is CN1C(=O)C2CCCN2Cc2ccc(Cl)cc21. The van der Waals surface area contributed by atoms with Gasteiger partial charge in [-0.1, -0.05) is 17.7 Å². The number of halogens is 1. The lowest BCUT2D eigenvalue weighted by Crippen LogP contribution is -2.41. The number of nitrogens with zero attached hydrogens (tertiary/aromatic N) is 2. The summed E-state index contributed by atoms with van der Waals surface area (Å²) in [6.45, 7) is 1.87. The molecule has 1 aromatic carbocycles.